The topological polar surface area (TPSA) is 85.8 Å². The van der Waals surface area contributed by atoms with Gasteiger partial charge in [-0.1, -0.05) is 30.7 Å². The van der Waals surface area contributed by atoms with Gasteiger partial charge in [0.2, 0.25) is 0 Å². The molecule has 0 aliphatic heterocycles. The first-order valence-electron chi connectivity index (χ1n) is 7.85. The van der Waals surface area contributed by atoms with Crippen LogP contribution < -0.4 is 11.1 Å². The summed E-state index contributed by atoms with van der Waals surface area (Å²) in [6, 6.07) is 9.01. The number of carbonyl (C=O) groups excluding carboxylic acids is 1. The number of benzene rings is 1. The third-order valence-electron chi connectivity index (χ3n) is 3.98. The summed E-state index contributed by atoms with van der Waals surface area (Å²) in [4.78, 5) is 20.5. The molecule has 1 aromatic carbocycles. The molecule has 0 spiro atoms. The SMILES string of the molecule is CCc1c(Cl)cccc1-c1cc(-c2cc(N)ncn2)cn1C(=O)NC. The van der Waals surface area contributed by atoms with Gasteiger partial charge in [-0.3, -0.25) is 4.57 Å². The van der Waals surface area contributed by atoms with Crippen LogP contribution in [0.3, 0.4) is 0 Å². The second-order valence-corrected chi connectivity index (χ2v) is 5.89. The standard InChI is InChI=1S/C18H18ClN5O/c1-3-12-13(5-4-6-14(12)19)16-7-11(9-24(16)18(25)21-2)15-8-17(20)23-10-22-15/h4-10H,3H2,1-2H3,(H,21,25)(H2,20,22,23). The van der Waals surface area contributed by atoms with Crippen molar-refractivity contribution in [2.24, 2.45) is 0 Å². The van der Waals surface area contributed by atoms with E-state index in [1.165, 1.54) is 6.33 Å². The van der Waals surface area contributed by atoms with Crippen LogP contribution in [0.4, 0.5) is 10.6 Å². The van der Waals surface area contributed by atoms with Gasteiger partial charge in [0, 0.05) is 35.5 Å². The molecule has 0 radical (unpaired) electrons. The highest BCUT2D eigenvalue weighted by Crippen LogP contribution is 2.33. The first kappa shape index (κ1) is 17.0. The van der Waals surface area contributed by atoms with Gasteiger partial charge in [-0.2, -0.15) is 0 Å². The molecule has 128 valence electrons. The summed E-state index contributed by atoms with van der Waals surface area (Å²) in [5.41, 5.74) is 9.81. The molecular formula is C18H18ClN5O. The van der Waals surface area contributed by atoms with Crippen LogP contribution in [-0.2, 0) is 6.42 Å². The van der Waals surface area contributed by atoms with Crippen LogP contribution in [0.15, 0.2) is 42.9 Å². The molecule has 0 unspecified atom stereocenters. The summed E-state index contributed by atoms with van der Waals surface area (Å²) in [6.45, 7) is 2.03. The molecule has 2 aromatic heterocycles. The minimum atomic E-state index is -0.245. The zero-order valence-electron chi connectivity index (χ0n) is 14.0. The zero-order valence-corrected chi connectivity index (χ0v) is 14.7. The Morgan fingerprint density at radius 3 is 2.80 bits per heavy atom. The van der Waals surface area contributed by atoms with E-state index in [4.69, 9.17) is 17.3 Å². The number of amides is 1. The number of nitrogens with one attached hydrogen (secondary N) is 1. The van der Waals surface area contributed by atoms with Gasteiger partial charge >= 0.3 is 6.03 Å². The lowest BCUT2D eigenvalue weighted by atomic mass is 10.0. The van der Waals surface area contributed by atoms with Gasteiger partial charge in [-0.05, 0) is 24.1 Å². The molecule has 25 heavy (non-hydrogen) atoms. The van der Waals surface area contributed by atoms with E-state index in [2.05, 4.69) is 15.3 Å². The highest BCUT2D eigenvalue weighted by Gasteiger charge is 2.18. The molecule has 6 nitrogen and oxygen atoms in total. The quantitative estimate of drug-likeness (QED) is 0.751. The van der Waals surface area contributed by atoms with Crippen molar-refractivity contribution in [3.63, 3.8) is 0 Å². The van der Waals surface area contributed by atoms with Crippen LogP contribution in [0.25, 0.3) is 22.5 Å². The molecule has 1 amide bonds. The number of rotatable bonds is 3. The molecule has 3 aromatic rings. The van der Waals surface area contributed by atoms with Crippen LogP contribution in [0.2, 0.25) is 5.02 Å². The van der Waals surface area contributed by atoms with E-state index in [1.54, 1.807) is 23.9 Å². The van der Waals surface area contributed by atoms with Crippen molar-refractivity contribution in [1.29, 1.82) is 0 Å². The number of hydrogen-bond donors (Lipinski definition) is 2. The van der Waals surface area contributed by atoms with Gasteiger partial charge in [-0.25, -0.2) is 14.8 Å². The molecule has 0 aliphatic carbocycles. The predicted octanol–water partition coefficient (Wildman–Crippen LogP) is 3.60. The lowest BCUT2D eigenvalue weighted by Crippen LogP contribution is -2.24. The van der Waals surface area contributed by atoms with E-state index >= 15 is 0 Å². The van der Waals surface area contributed by atoms with Crippen molar-refractivity contribution < 1.29 is 4.79 Å². The molecule has 0 bridgehead atoms. The zero-order chi connectivity index (χ0) is 18.0. The maximum atomic E-state index is 12.4. The van der Waals surface area contributed by atoms with Crippen molar-refractivity contribution >= 4 is 23.4 Å². The van der Waals surface area contributed by atoms with Gasteiger partial charge in [0.1, 0.15) is 12.1 Å². The Morgan fingerprint density at radius 2 is 2.12 bits per heavy atom. The Hall–Kier alpha value is -2.86. The lowest BCUT2D eigenvalue weighted by molar-refractivity contribution is 0.245. The minimum absolute atomic E-state index is 0.245. The van der Waals surface area contributed by atoms with Gasteiger partial charge in [0.15, 0.2) is 0 Å². The van der Waals surface area contributed by atoms with Crippen molar-refractivity contribution in [3.05, 3.63) is 53.4 Å². The fourth-order valence-electron chi connectivity index (χ4n) is 2.79. The van der Waals surface area contributed by atoms with E-state index in [0.717, 1.165) is 28.8 Å². The molecule has 3 N–H and O–H groups in total. The highest BCUT2D eigenvalue weighted by atomic mass is 35.5. The molecule has 3 rings (SSSR count). The van der Waals surface area contributed by atoms with Gasteiger partial charge in [0.25, 0.3) is 0 Å². The Labute approximate surface area is 150 Å². The van der Waals surface area contributed by atoms with Crippen LogP contribution in [-0.4, -0.2) is 27.6 Å². The number of carbonyl (C=O) groups is 1. The third-order valence-corrected chi connectivity index (χ3v) is 4.34. The number of nitrogens with zero attached hydrogens (tertiary/aromatic N) is 3. The summed E-state index contributed by atoms with van der Waals surface area (Å²) in [7, 11) is 1.59. The molecular weight excluding hydrogens is 338 g/mol. The maximum absolute atomic E-state index is 12.4. The predicted molar refractivity (Wildman–Crippen MR) is 99.5 cm³/mol. The second-order valence-electron chi connectivity index (χ2n) is 5.49. The van der Waals surface area contributed by atoms with E-state index < -0.39 is 0 Å². The van der Waals surface area contributed by atoms with Crippen molar-refractivity contribution in [2.75, 3.05) is 12.8 Å². The average Bonchev–Trinajstić information content (AvgIpc) is 3.06. The monoisotopic (exact) mass is 355 g/mol. The number of halogens is 1. The molecule has 0 saturated carbocycles. The number of aromatic nitrogens is 3. The Bertz CT molecular complexity index is 935. The van der Waals surface area contributed by atoms with E-state index in [-0.39, 0.29) is 6.03 Å². The third kappa shape index (κ3) is 3.21. The summed E-state index contributed by atoms with van der Waals surface area (Å²) in [5.74, 6) is 0.372. The van der Waals surface area contributed by atoms with E-state index in [9.17, 15) is 4.79 Å². The first-order valence-corrected chi connectivity index (χ1v) is 8.23. The van der Waals surface area contributed by atoms with Gasteiger partial charge in [-0.15, -0.1) is 0 Å². The smallest absolute Gasteiger partial charge is 0.325 e. The van der Waals surface area contributed by atoms with Gasteiger partial charge < -0.3 is 11.1 Å². The Balaban J connectivity index is 2.23. The minimum Gasteiger partial charge on any atom is -0.384 e. The number of hydrogen-bond acceptors (Lipinski definition) is 4. The highest BCUT2D eigenvalue weighted by molar-refractivity contribution is 6.31. The van der Waals surface area contributed by atoms with Crippen molar-refractivity contribution in [3.8, 4) is 22.5 Å². The summed E-state index contributed by atoms with van der Waals surface area (Å²) in [5, 5.41) is 3.33. The second kappa shape index (κ2) is 6.94. The molecule has 2 heterocycles. The largest absolute Gasteiger partial charge is 0.384 e. The summed E-state index contributed by atoms with van der Waals surface area (Å²) >= 11 is 6.34. The summed E-state index contributed by atoms with van der Waals surface area (Å²) < 4.78 is 1.55. The van der Waals surface area contributed by atoms with Crippen LogP contribution in [0, 0.1) is 0 Å². The molecule has 0 fully saturated rings. The first-order chi connectivity index (χ1) is 12.0. The number of nitrogens with two attached hydrogens (primary N) is 1. The van der Waals surface area contributed by atoms with Gasteiger partial charge in [0.05, 0.1) is 11.4 Å². The Kier molecular flexibility index (Phi) is 4.72. The molecule has 0 atom stereocenters. The molecule has 0 saturated heterocycles. The lowest BCUT2D eigenvalue weighted by Gasteiger charge is -2.12. The number of anilines is 1. The van der Waals surface area contributed by atoms with Crippen molar-refractivity contribution in [1.82, 2.24) is 19.9 Å². The normalized spacial score (nSPS) is 10.7. The van der Waals surface area contributed by atoms with Crippen LogP contribution >= 0.6 is 11.6 Å². The average molecular weight is 356 g/mol. The fourth-order valence-corrected chi connectivity index (χ4v) is 3.10. The maximum Gasteiger partial charge on any atom is 0.325 e. The summed E-state index contributed by atoms with van der Waals surface area (Å²) in [6.07, 6.45) is 3.89. The van der Waals surface area contributed by atoms with Crippen molar-refractivity contribution in [2.45, 2.75) is 13.3 Å². The van der Waals surface area contributed by atoms with Crippen LogP contribution in [0.1, 0.15) is 12.5 Å². The fraction of sp³-hybridized carbons (Fsp3) is 0.167. The van der Waals surface area contributed by atoms with E-state index in [0.29, 0.717) is 16.5 Å². The molecule has 0 aliphatic rings. The number of nitrogen functional groups attached to an aromatic ring is 1. The molecule has 7 heteroatoms. The van der Waals surface area contributed by atoms with Crippen LogP contribution in [0.5, 0.6) is 0 Å². The van der Waals surface area contributed by atoms with E-state index in [1.807, 2.05) is 31.2 Å². The Morgan fingerprint density at radius 1 is 1.32 bits per heavy atom.